The van der Waals surface area contributed by atoms with E-state index in [1.807, 2.05) is 6.92 Å². The lowest BCUT2D eigenvalue weighted by Crippen LogP contribution is -2.41. The molecule has 8 heteroatoms. The summed E-state index contributed by atoms with van der Waals surface area (Å²) in [5.74, 6) is -1.02. The number of rotatable bonds is 9. The quantitative estimate of drug-likeness (QED) is 0.303. The van der Waals surface area contributed by atoms with Crippen LogP contribution >= 0.6 is 11.8 Å². The van der Waals surface area contributed by atoms with Crippen LogP contribution in [0.5, 0.6) is 0 Å². The maximum Gasteiger partial charge on any atom is 0.338 e. The summed E-state index contributed by atoms with van der Waals surface area (Å²) in [6, 6.07) is 25.6. The van der Waals surface area contributed by atoms with E-state index < -0.39 is 41.7 Å². The van der Waals surface area contributed by atoms with Crippen LogP contribution < -0.4 is 0 Å². The molecule has 0 spiro atoms. The Hall–Kier alpha value is -3.62. The number of ether oxygens (including phenoxy) is 4. The third-order valence-electron chi connectivity index (χ3n) is 5.49. The van der Waals surface area contributed by atoms with Gasteiger partial charge in [-0.2, -0.15) is 0 Å². The van der Waals surface area contributed by atoms with Gasteiger partial charge in [0.25, 0.3) is 0 Å². The lowest BCUT2D eigenvalue weighted by atomic mass is 10.1. The molecule has 0 saturated carbocycles. The molecule has 0 aromatic heterocycles. The predicted molar refractivity (Wildman–Crippen MR) is 135 cm³/mol. The summed E-state index contributed by atoms with van der Waals surface area (Å²) in [4.78, 5) is 38.4. The maximum absolute atomic E-state index is 12.9. The molecule has 0 radical (unpaired) electrons. The van der Waals surface area contributed by atoms with Crippen molar-refractivity contribution >= 4 is 29.7 Å². The fourth-order valence-electron chi connectivity index (χ4n) is 3.74. The van der Waals surface area contributed by atoms with Crippen molar-refractivity contribution < 1.29 is 33.3 Å². The molecule has 0 bridgehead atoms. The molecule has 1 heterocycles. The minimum absolute atomic E-state index is 0.180. The van der Waals surface area contributed by atoms with Crippen molar-refractivity contribution in [1.29, 1.82) is 0 Å². The second-order valence-corrected chi connectivity index (χ2v) is 9.31. The molecule has 0 aliphatic carbocycles. The van der Waals surface area contributed by atoms with Gasteiger partial charge in [-0.1, -0.05) is 61.5 Å². The molecule has 1 aliphatic rings. The van der Waals surface area contributed by atoms with Gasteiger partial charge in [-0.15, -0.1) is 11.8 Å². The normalized spacial score (nSPS) is 20.9. The first-order valence-electron chi connectivity index (χ1n) is 11.6. The van der Waals surface area contributed by atoms with Crippen molar-refractivity contribution in [1.82, 2.24) is 0 Å². The Balaban J connectivity index is 1.56. The van der Waals surface area contributed by atoms with Crippen LogP contribution in [-0.4, -0.2) is 54.0 Å². The number of esters is 3. The highest BCUT2D eigenvalue weighted by Gasteiger charge is 2.50. The first kappa shape index (κ1) is 25.5. The van der Waals surface area contributed by atoms with Gasteiger partial charge >= 0.3 is 17.9 Å². The number of carbonyl (C=O) groups is 3. The van der Waals surface area contributed by atoms with Crippen LogP contribution in [-0.2, 0) is 18.9 Å². The zero-order chi connectivity index (χ0) is 25.3. The fraction of sp³-hybridized carbons (Fsp3) is 0.250. The summed E-state index contributed by atoms with van der Waals surface area (Å²) in [5.41, 5.74) is 0.485. The van der Waals surface area contributed by atoms with Gasteiger partial charge in [0.1, 0.15) is 18.1 Å². The molecule has 186 valence electrons. The molecular formula is C28H26O7S. The first-order chi connectivity index (χ1) is 17.6. The molecule has 0 N–H and O–H groups in total. The third-order valence-corrected chi connectivity index (χ3v) is 6.53. The van der Waals surface area contributed by atoms with E-state index in [1.54, 1.807) is 91.0 Å². The molecule has 0 unspecified atom stereocenters. The average Bonchev–Trinajstić information content (AvgIpc) is 3.24. The lowest BCUT2D eigenvalue weighted by molar-refractivity contribution is -0.0435. The van der Waals surface area contributed by atoms with E-state index in [4.69, 9.17) is 18.9 Å². The zero-order valence-electron chi connectivity index (χ0n) is 19.6. The number of benzene rings is 3. The highest BCUT2D eigenvalue weighted by molar-refractivity contribution is 7.99. The van der Waals surface area contributed by atoms with E-state index in [-0.39, 0.29) is 6.61 Å². The summed E-state index contributed by atoms with van der Waals surface area (Å²) in [7, 11) is 0. The molecule has 3 aromatic carbocycles. The van der Waals surface area contributed by atoms with E-state index in [0.717, 1.165) is 0 Å². The Morgan fingerprint density at radius 3 is 1.61 bits per heavy atom. The fourth-order valence-corrected chi connectivity index (χ4v) is 4.69. The van der Waals surface area contributed by atoms with Crippen LogP contribution in [0.4, 0.5) is 0 Å². The van der Waals surface area contributed by atoms with Gasteiger partial charge in [-0.3, -0.25) is 0 Å². The summed E-state index contributed by atoms with van der Waals surface area (Å²) < 4.78 is 23.3. The maximum atomic E-state index is 12.9. The van der Waals surface area contributed by atoms with Gasteiger partial charge < -0.3 is 18.9 Å². The van der Waals surface area contributed by atoms with Crippen molar-refractivity contribution in [3.05, 3.63) is 108 Å². The predicted octanol–water partition coefficient (Wildman–Crippen LogP) is 4.77. The Bertz CT molecular complexity index is 1150. The SMILES string of the molecule is CCS[C@H]1O[C@H](COC(=O)c2ccccc2)[C@@H](OC(=O)c2ccccc2)[C@@H]1OC(=O)c1ccccc1. The summed E-state index contributed by atoms with van der Waals surface area (Å²) >= 11 is 1.41. The van der Waals surface area contributed by atoms with Crippen LogP contribution in [0.15, 0.2) is 91.0 Å². The van der Waals surface area contributed by atoms with Crippen LogP contribution in [0.3, 0.4) is 0 Å². The van der Waals surface area contributed by atoms with Crippen molar-refractivity contribution in [3.63, 3.8) is 0 Å². The standard InChI is InChI=1S/C28H26O7S/c1-2-36-28-24(35-27(31)21-16-10-5-11-17-21)23(34-26(30)20-14-8-4-9-15-20)22(33-28)18-32-25(29)19-12-6-3-7-13-19/h3-17,22-24,28H,2,18H2,1H3/t22-,23-,24+,28-/m1/s1. The molecule has 1 fully saturated rings. The van der Waals surface area contributed by atoms with Crippen LogP contribution in [0.1, 0.15) is 38.0 Å². The Kier molecular flexibility index (Phi) is 8.76. The molecule has 1 saturated heterocycles. The number of hydrogen-bond donors (Lipinski definition) is 0. The Labute approximate surface area is 213 Å². The molecule has 0 amide bonds. The Morgan fingerprint density at radius 1 is 0.694 bits per heavy atom. The largest absolute Gasteiger partial charge is 0.459 e. The topological polar surface area (TPSA) is 88.1 Å². The summed E-state index contributed by atoms with van der Waals surface area (Å²) in [6.45, 7) is 1.76. The van der Waals surface area contributed by atoms with Gasteiger partial charge in [0.05, 0.1) is 16.7 Å². The minimum atomic E-state index is -0.988. The van der Waals surface area contributed by atoms with E-state index >= 15 is 0 Å². The highest BCUT2D eigenvalue weighted by atomic mass is 32.2. The molecular weight excluding hydrogens is 480 g/mol. The zero-order valence-corrected chi connectivity index (χ0v) is 20.5. The van der Waals surface area contributed by atoms with Crippen LogP contribution in [0.25, 0.3) is 0 Å². The first-order valence-corrected chi connectivity index (χ1v) is 12.6. The van der Waals surface area contributed by atoms with Gasteiger partial charge in [0, 0.05) is 0 Å². The lowest BCUT2D eigenvalue weighted by Gasteiger charge is -2.24. The molecule has 4 rings (SSSR count). The Morgan fingerprint density at radius 2 is 1.14 bits per heavy atom. The second kappa shape index (κ2) is 12.4. The summed E-state index contributed by atoms with van der Waals surface area (Å²) in [6.07, 6.45) is -2.73. The number of hydrogen-bond acceptors (Lipinski definition) is 8. The third kappa shape index (κ3) is 6.33. The second-order valence-electron chi connectivity index (χ2n) is 7.93. The minimum Gasteiger partial charge on any atom is -0.459 e. The molecule has 3 aromatic rings. The molecule has 4 atom stereocenters. The van der Waals surface area contributed by atoms with Crippen molar-refractivity contribution in [3.8, 4) is 0 Å². The highest BCUT2D eigenvalue weighted by Crippen LogP contribution is 2.34. The summed E-state index contributed by atoms with van der Waals surface area (Å²) in [5, 5.41) is 0. The van der Waals surface area contributed by atoms with Gasteiger partial charge in [0.15, 0.2) is 12.2 Å². The van der Waals surface area contributed by atoms with Crippen LogP contribution in [0, 0.1) is 0 Å². The van der Waals surface area contributed by atoms with E-state index in [2.05, 4.69) is 0 Å². The van der Waals surface area contributed by atoms with E-state index in [1.165, 1.54) is 11.8 Å². The molecule has 1 aliphatic heterocycles. The molecule has 7 nitrogen and oxygen atoms in total. The van der Waals surface area contributed by atoms with Gasteiger partial charge in [-0.25, -0.2) is 14.4 Å². The number of thioether (sulfide) groups is 1. The number of carbonyl (C=O) groups excluding carboxylic acids is 3. The van der Waals surface area contributed by atoms with Gasteiger partial charge in [0.2, 0.25) is 0 Å². The smallest absolute Gasteiger partial charge is 0.338 e. The van der Waals surface area contributed by atoms with Crippen molar-refractivity contribution in [2.45, 2.75) is 30.7 Å². The molecule has 36 heavy (non-hydrogen) atoms. The average molecular weight is 507 g/mol. The van der Waals surface area contributed by atoms with E-state index in [0.29, 0.717) is 22.4 Å². The van der Waals surface area contributed by atoms with Crippen LogP contribution in [0.2, 0.25) is 0 Å². The van der Waals surface area contributed by atoms with Crippen molar-refractivity contribution in [2.75, 3.05) is 12.4 Å². The van der Waals surface area contributed by atoms with Gasteiger partial charge in [-0.05, 0) is 42.2 Å². The van der Waals surface area contributed by atoms with E-state index in [9.17, 15) is 14.4 Å². The monoisotopic (exact) mass is 506 g/mol. The van der Waals surface area contributed by atoms with Crippen molar-refractivity contribution in [2.24, 2.45) is 0 Å².